The molecule has 1 aromatic carbocycles. The van der Waals surface area contributed by atoms with E-state index in [-0.39, 0.29) is 0 Å². The lowest BCUT2D eigenvalue weighted by molar-refractivity contribution is 0.758. The fourth-order valence-electron chi connectivity index (χ4n) is 2.19. The van der Waals surface area contributed by atoms with Crippen molar-refractivity contribution in [2.45, 2.75) is 52.4 Å². The highest BCUT2D eigenvalue weighted by atomic mass is 15.1. The third kappa shape index (κ3) is 5.33. The van der Waals surface area contributed by atoms with Crippen molar-refractivity contribution in [1.29, 1.82) is 0 Å². The summed E-state index contributed by atoms with van der Waals surface area (Å²) in [6.07, 6.45) is 6.95. The molecular weight excluding hydrogens is 268 g/mol. The van der Waals surface area contributed by atoms with Gasteiger partial charge in [-0.1, -0.05) is 44.7 Å². The van der Waals surface area contributed by atoms with Gasteiger partial charge >= 0.3 is 0 Å². The molecule has 0 N–H and O–H groups in total. The third-order valence-corrected chi connectivity index (χ3v) is 3.61. The Morgan fingerprint density at radius 1 is 0.773 bits per heavy atom. The minimum absolute atomic E-state index is 0.732. The lowest BCUT2D eigenvalue weighted by atomic mass is 10.1. The van der Waals surface area contributed by atoms with Gasteiger partial charge in [-0.25, -0.2) is 0 Å². The highest BCUT2D eigenvalue weighted by molar-refractivity contribution is 5.40. The lowest BCUT2D eigenvalue weighted by Crippen LogP contribution is -1.94. The van der Waals surface area contributed by atoms with Crippen LogP contribution in [-0.4, -0.2) is 10.2 Å². The maximum absolute atomic E-state index is 4.22. The molecule has 2 rings (SSSR count). The Balaban J connectivity index is 1.97. The Kier molecular flexibility index (Phi) is 6.64. The fourth-order valence-corrected chi connectivity index (χ4v) is 2.19. The van der Waals surface area contributed by atoms with Crippen LogP contribution in [0.15, 0.2) is 36.4 Å². The smallest absolute Gasteiger partial charge is 0.136 e. The monoisotopic (exact) mass is 292 g/mol. The maximum atomic E-state index is 4.22. The van der Waals surface area contributed by atoms with E-state index in [0.29, 0.717) is 0 Å². The van der Waals surface area contributed by atoms with Crippen LogP contribution in [0.1, 0.15) is 62.0 Å². The van der Waals surface area contributed by atoms with Gasteiger partial charge in [-0.05, 0) is 61.4 Å². The van der Waals surface area contributed by atoms with Gasteiger partial charge < -0.3 is 0 Å². The normalized spacial score (nSPS) is 10.1. The summed E-state index contributed by atoms with van der Waals surface area (Å²) in [6.45, 7) is 4.40. The van der Waals surface area contributed by atoms with Gasteiger partial charge in [0.25, 0.3) is 0 Å². The zero-order valence-electron chi connectivity index (χ0n) is 13.6. The summed E-state index contributed by atoms with van der Waals surface area (Å²) in [4.78, 5) is 0. The number of hydrogen-bond donors (Lipinski definition) is 0. The van der Waals surface area contributed by atoms with Crippen LogP contribution in [-0.2, 0) is 12.8 Å². The summed E-state index contributed by atoms with van der Waals surface area (Å²) in [5.74, 6) is 6.24. The quantitative estimate of drug-likeness (QED) is 0.729. The Bertz CT molecular complexity index is 560. The first-order chi connectivity index (χ1) is 10.8. The van der Waals surface area contributed by atoms with Crippen molar-refractivity contribution in [3.63, 3.8) is 0 Å². The van der Waals surface area contributed by atoms with Crippen molar-refractivity contribution < 1.29 is 0 Å². The van der Waals surface area contributed by atoms with E-state index in [4.69, 9.17) is 0 Å². The maximum Gasteiger partial charge on any atom is 0.136 e. The predicted octanol–water partition coefficient (Wildman–Crippen LogP) is 4.56. The molecule has 0 radical (unpaired) electrons. The highest BCUT2D eigenvalue weighted by Crippen LogP contribution is 2.07. The van der Waals surface area contributed by atoms with Gasteiger partial charge in [-0.3, -0.25) is 0 Å². The van der Waals surface area contributed by atoms with Gasteiger partial charge in [0.15, 0.2) is 0 Å². The molecule has 0 spiro atoms. The van der Waals surface area contributed by atoms with Crippen molar-refractivity contribution in [3.05, 3.63) is 58.9 Å². The molecule has 0 aliphatic rings. The molecule has 0 aliphatic carbocycles. The van der Waals surface area contributed by atoms with Gasteiger partial charge in [-0.15, -0.1) is 5.10 Å². The van der Waals surface area contributed by atoms with Gasteiger partial charge in [0, 0.05) is 5.56 Å². The zero-order valence-corrected chi connectivity index (χ0v) is 13.6. The standard InChI is InChI=1S/C20H24N2/c1-3-5-7-17-9-11-18(12-10-17)13-14-20-16-15-19(21-22-20)8-6-4-2/h9-12,15-16H,3-8H2,1-2H3. The molecule has 22 heavy (non-hydrogen) atoms. The number of hydrogen-bond acceptors (Lipinski definition) is 2. The minimum Gasteiger partial charge on any atom is -0.154 e. The van der Waals surface area contributed by atoms with E-state index in [1.54, 1.807) is 0 Å². The number of aryl methyl sites for hydroxylation is 2. The first kappa shape index (κ1) is 16.2. The molecule has 2 aromatic rings. The number of nitrogens with zero attached hydrogens (tertiary/aromatic N) is 2. The second-order valence-corrected chi connectivity index (χ2v) is 5.56. The first-order valence-electron chi connectivity index (χ1n) is 8.25. The van der Waals surface area contributed by atoms with Gasteiger partial charge in [0.1, 0.15) is 5.69 Å². The van der Waals surface area contributed by atoms with Crippen LogP contribution in [0.2, 0.25) is 0 Å². The number of rotatable bonds is 6. The van der Waals surface area contributed by atoms with Crippen LogP contribution in [0.5, 0.6) is 0 Å². The van der Waals surface area contributed by atoms with Gasteiger partial charge in [0.2, 0.25) is 0 Å². The molecule has 1 heterocycles. The predicted molar refractivity (Wildman–Crippen MR) is 91.7 cm³/mol. The summed E-state index contributed by atoms with van der Waals surface area (Å²) in [5, 5.41) is 8.40. The molecule has 0 saturated heterocycles. The van der Waals surface area contributed by atoms with Crippen LogP contribution < -0.4 is 0 Å². The fraction of sp³-hybridized carbons (Fsp3) is 0.400. The van der Waals surface area contributed by atoms with Crippen LogP contribution >= 0.6 is 0 Å². The largest absolute Gasteiger partial charge is 0.154 e. The zero-order chi connectivity index (χ0) is 15.6. The Morgan fingerprint density at radius 2 is 1.50 bits per heavy atom. The van der Waals surface area contributed by atoms with Crippen LogP contribution in [0.3, 0.4) is 0 Å². The molecule has 2 nitrogen and oxygen atoms in total. The van der Waals surface area contributed by atoms with E-state index in [0.717, 1.165) is 36.2 Å². The van der Waals surface area contributed by atoms with E-state index in [1.807, 2.05) is 12.1 Å². The molecule has 0 unspecified atom stereocenters. The molecule has 0 amide bonds. The molecule has 114 valence electrons. The number of aromatic nitrogens is 2. The summed E-state index contributed by atoms with van der Waals surface area (Å²) in [6, 6.07) is 12.5. The molecule has 1 aromatic heterocycles. The lowest BCUT2D eigenvalue weighted by Gasteiger charge is -1.99. The third-order valence-electron chi connectivity index (χ3n) is 3.61. The van der Waals surface area contributed by atoms with Crippen molar-refractivity contribution in [2.24, 2.45) is 0 Å². The minimum atomic E-state index is 0.732. The van der Waals surface area contributed by atoms with E-state index >= 15 is 0 Å². The van der Waals surface area contributed by atoms with Crippen molar-refractivity contribution in [3.8, 4) is 11.8 Å². The van der Waals surface area contributed by atoms with E-state index < -0.39 is 0 Å². The van der Waals surface area contributed by atoms with Crippen molar-refractivity contribution >= 4 is 0 Å². The topological polar surface area (TPSA) is 25.8 Å². The summed E-state index contributed by atoms with van der Waals surface area (Å²) >= 11 is 0. The summed E-state index contributed by atoms with van der Waals surface area (Å²) in [5.41, 5.74) is 4.19. The summed E-state index contributed by atoms with van der Waals surface area (Å²) in [7, 11) is 0. The van der Waals surface area contributed by atoms with E-state index in [2.05, 4.69) is 60.2 Å². The van der Waals surface area contributed by atoms with Gasteiger partial charge in [-0.2, -0.15) is 5.10 Å². The Hall–Kier alpha value is -2.14. The van der Waals surface area contributed by atoms with Crippen molar-refractivity contribution in [1.82, 2.24) is 10.2 Å². The first-order valence-corrected chi connectivity index (χ1v) is 8.25. The van der Waals surface area contributed by atoms with Crippen molar-refractivity contribution in [2.75, 3.05) is 0 Å². The molecule has 0 saturated carbocycles. The Labute approximate surface area is 134 Å². The second kappa shape index (κ2) is 9.00. The number of benzene rings is 1. The number of unbranched alkanes of at least 4 members (excludes halogenated alkanes) is 2. The molecule has 0 atom stereocenters. The molecule has 0 bridgehead atoms. The van der Waals surface area contributed by atoms with Crippen LogP contribution in [0.4, 0.5) is 0 Å². The van der Waals surface area contributed by atoms with E-state index in [1.165, 1.54) is 24.8 Å². The molecule has 2 heteroatoms. The average Bonchev–Trinajstić information content (AvgIpc) is 2.58. The summed E-state index contributed by atoms with van der Waals surface area (Å²) < 4.78 is 0. The Morgan fingerprint density at radius 3 is 2.14 bits per heavy atom. The highest BCUT2D eigenvalue weighted by Gasteiger charge is 1.96. The SMILES string of the molecule is CCCCc1ccc(C#Cc2ccc(CCCC)nn2)cc1. The molecule has 0 fully saturated rings. The molecular formula is C20H24N2. The van der Waals surface area contributed by atoms with Crippen LogP contribution in [0, 0.1) is 11.8 Å². The van der Waals surface area contributed by atoms with Gasteiger partial charge in [0.05, 0.1) is 5.69 Å². The second-order valence-electron chi connectivity index (χ2n) is 5.56. The average molecular weight is 292 g/mol. The van der Waals surface area contributed by atoms with E-state index in [9.17, 15) is 0 Å². The molecule has 0 aliphatic heterocycles. The van der Waals surface area contributed by atoms with Crippen LogP contribution in [0.25, 0.3) is 0 Å².